The molecule has 112 valence electrons. The highest BCUT2D eigenvalue weighted by Crippen LogP contribution is 2.16. The highest BCUT2D eigenvalue weighted by atomic mass is 35.5. The molecule has 1 unspecified atom stereocenters. The van der Waals surface area contributed by atoms with Crippen molar-refractivity contribution in [3.63, 3.8) is 0 Å². The fourth-order valence-electron chi connectivity index (χ4n) is 2.67. The first-order valence-electron chi connectivity index (χ1n) is 7.34. The summed E-state index contributed by atoms with van der Waals surface area (Å²) in [7, 11) is 2.19. The predicted octanol–water partition coefficient (Wildman–Crippen LogP) is 2.42. The maximum Gasteiger partial charge on any atom is 0.131 e. The molecule has 0 aromatic carbocycles. The van der Waals surface area contributed by atoms with E-state index in [-0.39, 0.29) is 0 Å². The van der Waals surface area contributed by atoms with Gasteiger partial charge >= 0.3 is 0 Å². The van der Waals surface area contributed by atoms with E-state index in [2.05, 4.69) is 41.0 Å². The molecule has 1 fully saturated rings. The van der Waals surface area contributed by atoms with Gasteiger partial charge in [0, 0.05) is 50.6 Å². The Kier molecular flexibility index (Phi) is 5.64. The summed E-state index contributed by atoms with van der Waals surface area (Å²) in [4.78, 5) is 9.00. The fourth-order valence-corrected chi connectivity index (χ4v) is 2.85. The second kappa shape index (κ2) is 7.25. The second-order valence-electron chi connectivity index (χ2n) is 5.90. The zero-order chi connectivity index (χ0) is 14.5. The van der Waals surface area contributed by atoms with Crippen LogP contribution in [-0.4, -0.2) is 60.6 Å². The number of pyridine rings is 1. The van der Waals surface area contributed by atoms with E-state index in [1.807, 2.05) is 12.1 Å². The Morgan fingerprint density at radius 3 is 2.60 bits per heavy atom. The molecule has 1 aromatic rings. The number of likely N-dealkylation sites (N-methyl/N-ethyl adjacent to an activating group) is 1. The van der Waals surface area contributed by atoms with Gasteiger partial charge in [-0.1, -0.05) is 25.4 Å². The number of aromatic nitrogens is 1. The number of piperazine rings is 1. The molecule has 1 saturated heterocycles. The normalized spacial score (nSPS) is 19.2. The minimum Gasteiger partial charge on any atom is -0.383 e. The minimum absolute atomic E-state index is 0.538. The molecule has 0 spiro atoms. The van der Waals surface area contributed by atoms with Gasteiger partial charge in [0.1, 0.15) is 5.15 Å². The lowest BCUT2D eigenvalue weighted by Crippen LogP contribution is -2.52. The van der Waals surface area contributed by atoms with Crippen LogP contribution in [0.15, 0.2) is 18.3 Å². The molecule has 0 aliphatic carbocycles. The van der Waals surface area contributed by atoms with Crippen LogP contribution in [0.4, 0.5) is 5.69 Å². The van der Waals surface area contributed by atoms with Gasteiger partial charge < -0.3 is 10.2 Å². The Hall–Kier alpha value is -0.840. The Morgan fingerprint density at radius 1 is 1.30 bits per heavy atom. The topological polar surface area (TPSA) is 31.4 Å². The van der Waals surface area contributed by atoms with Crippen LogP contribution >= 0.6 is 11.6 Å². The van der Waals surface area contributed by atoms with Crippen molar-refractivity contribution in [2.45, 2.75) is 19.9 Å². The Balaban J connectivity index is 1.92. The first kappa shape index (κ1) is 15.5. The van der Waals surface area contributed by atoms with Crippen molar-refractivity contribution in [2.24, 2.45) is 5.92 Å². The van der Waals surface area contributed by atoms with E-state index < -0.39 is 0 Å². The summed E-state index contributed by atoms with van der Waals surface area (Å²) in [5.74, 6) is 0.628. The Labute approximate surface area is 127 Å². The molecule has 1 aliphatic heterocycles. The molecule has 1 aromatic heterocycles. The average molecular weight is 297 g/mol. The number of nitrogens with zero attached hydrogens (tertiary/aromatic N) is 3. The van der Waals surface area contributed by atoms with Gasteiger partial charge in [-0.15, -0.1) is 0 Å². The molecular weight excluding hydrogens is 272 g/mol. The van der Waals surface area contributed by atoms with Crippen molar-refractivity contribution in [1.29, 1.82) is 0 Å². The van der Waals surface area contributed by atoms with Crippen LogP contribution in [0.1, 0.15) is 13.8 Å². The number of nitrogens with one attached hydrogen (secondary N) is 1. The van der Waals surface area contributed by atoms with Gasteiger partial charge in [0.05, 0.1) is 0 Å². The monoisotopic (exact) mass is 296 g/mol. The van der Waals surface area contributed by atoms with Gasteiger partial charge in [0.2, 0.25) is 0 Å². The lowest BCUT2D eigenvalue weighted by Gasteiger charge is -2.40. The Bertz CT molecular complexity index is 416. The molecule has 2 heterocycles. The van der Waals surface area contributed by atoms with E-state index in [1.165, 1.54) is 0 Å². The zero-order valence-electron chi connectivity index (χ0n) is 12.6. The summed E-state index contributed by atoms with van der Waals surface area (Å²) in [5, 5.41) is 4.03. The molecule has 1 N–H and O–H groups in total. The highest BCUT2D eigenvalue weighted by molar-refractivity contribution is 6.29. The summed E-state index contributed by atoms with van der Waals surface area (Å²) in [5.41, 5.74) is 1.05. The molecule has 5 heteroatoms. The quantitative estimate of drug-likeness (QED) is 0.846. The first-order valence-corrected chi connectivity index (χ1v) is 7.72. The molecule has 20 heavy (non-hydrogen) atoms. The van der Waals surface area contributed by atoms with Crippen LogP contribution < -0.4 is 5.32 Å². The lowest BCUT2D eigenvalue weighted by molar-refractivity contribution is 0.0944. The highest BCUT2D eigenvalue weighted by Gasteiger charge is 2.24. The van der Waals surface area contributed by atoms with Crippen molar-refractivity contribution in [3.8, 4) is 0 Å². The molecule has 4 nitrogen and oxygen atoms in total. The van der Waals surface area contributed by atoms with Crippen LogP contribution in [-0.2, 0) is 0 Å². The van der Waals surface area contributed by atoms with E-state index in [9.17, 15) is 0 Å². The third-order valence-corrected chi connectivity index (χ3v) is 4.23. The van der Waals surface area contributed by atoms with E-state index in [4.69, 9.17) is 11.6 Å². The second-order valence-corrected chi connectivity index (χ2v) is 6.29. The summed E-state index contributed by atoms with van der Waals surface area (Å²) >= 11 is 5.92. The van der Waals surface area contributed by atoms with E-state index in [0.717, 1.165) is 38.4 Å². The smallest absolute Gasteiger partial charge is 0.131 e. The van der Waals surface area contributed by atoms with Crippen molar-refractivity contribution in [1.82, 2.24) is 14.8 Å². The number of rotatable bonds is 5. The maximum atomic E-state index is 5.92. The summed E-state index contributed by atoms with van der Waals surface area (Å²) < 4.78 is 0. The SMILES string of the molecule is CC(C)C(CNc1ccnc(Cl)c1)N1CCN(C)CC1. The molecule has 1 aliphatic rings. The summed E-state index contributed by atoms with van der Waals surface area (Å²) in [6.45, 7) is 10.2. The minimum atomic E-state index is 0.538. The third kappa shape index (κ3) is 4.33. The van der Waals surface area contributed by atoms with Crippen molar-refractivity contribution >= 4 is 17.3 Å². The number of hydrogen-bond acceptors (Lipinski definition) is 4. The number of hydrogen-bond donors (Lipinski definition) is 1. The van der Waals surface area contributed by atoms with Gasteiger partial charge in [0.25, 0.3) is 0 Å². The summed E-state index contributed by atoms with van der Waals surface area (Å²) in [6.07, 6.45) is 1.74. The van der Waals surface area contributed by atoms with Gasteiger partial charge in [-0.2, -0.15) is 0 Å². The molecule has 0 amide bonds. The van der Waals surface area contributed by atoms with Crippen molar-refractivity contribution in [3.05, 3.63) is 23.5 Å². The van der Waals surface area contributed by atoms with Crippen molar-refractivity contribution < 1.29 is 0 Å². The Morgan fingerprint density at radius 2 is 2.00 bits per heavy atom. The zero-order valence-corrected chi connectivity index (χ0v) is 13.4. The van der Waals surface area contributed by atoms with E-state index in [0.29, 0.717) is 17.1 Å². The van der Waals surface area contributed by atoms with E-state index in [1.54, 1.807) is 6.20 Å². The summed E-state index contributed by atoms with van der Waals surface area (Å²) in [6, 6.07) is 4.39. The van der Waals surface area contributed by atoms with Crippen LogP contribution in [0.25, 0.3) is 0 Å². The van der Waals surface area contributed by atoms with Crippen molar-refractivity contribution in [2.75, 3.05) is 45.1 Å². The maximum absolute atomic E-state index is 5.92. The molecule has 0 radical (unpaired) electrons. The largest absolute Gasteiger partial charge is 0.383 e. The van der Waals surface area contributed by atoms with Gasteiger partial charge in [-0.25, -0.2) is 4.98 Å². The average Bonchev–Trinajstić information content (AvgIpc) is 2.41. The van der Waals surface area contributed by atoms with Gasteiger partial charge in [-0.05, 0) is 25.1 Å². The molecule has 0 saturated carbocycles. The first-order chi connectivity index (χ1) is 9.56. The van der Waals surface area contributed by atoms with Crippen LogP contribution in [0, 0.1) is 5.92 Å². The van der Waals surface area contributed by atoms with Crippen LogP contribution in [0.5, 0.6) is 0 Å². The standard InChI is InChI=1S/C15H25ClN4/c1-12(2)14(20-8-6-19(3)7-9-20)11-18-13-4-5-17-15(16)10-13/h4-5,10,12,14H,6-9,11H2,1-3H3,(H,17,18). The number of anilines is 1. The number of halogens is 1. The third-order valence-electron chi connectivity index (χ3n) is 4.02. The fraction of sp³-hybridized carbons (Fsp3) is 0.667. The molecule has 1 atom stereocenters. The molecule has 0 bridgehead atoms. The van der Waals surface area contributed by atoms with E-state index >= 15 is 0 Å². The van der Waals surface area contributed by atoms with Gasteiger partial charge in [0.15, 0.2) is 0 Å². The van der Waals surface area contributed by atoms with Gasteiger partial charge in [-0.3, -0.25) is 4.90 Å². The lowest BCUT2D eigenvalue weighted by atomic mass is 10.0. The predicted molar refractivity (Wildman–Crippen MR) is 85.4 cm³/mol. The van der Waals surface area contributed by atoms with Crippen LogP contribution in [0.2, 0.25) is 5.15 Å². The molecule has 2 rings (SSSR count). The van der Waals surface area contributed by atoms with Crippen LogP contribution in [0.3, 0.4) is 0 Å². The molecular formula is C15H25ClN4.